The quantitative estimate of drug-likeness (QED) is 0.427. The Labute approximate surface area is 184 Å². The van der Waals surface area contributed by atoms with Crippen molar-refractivity contribution in [2.75, 3.05) is 0 Å². The monoisotopic (exact) mass is 406 g/mol. The molecule has 29 heavy (non-hydrogen) atoms. The van der Waals surface area contributed by atoms with Crippen molar-refractivity contribution in [1.29, 1.82) is 0 Å². The Morgan fingerprint density at radius 2 is 0.759 bits per heavy atom. The second-order valence-corrected chi connectivity index (χ2v) is 14.5. The van der Waals surface area contributed by atoms with Crippen molar-refractivity contribution < 1.29 is 4.74 Å². The topological polar surface area (TPSA) is 9.23 Å². The summed E-state index contributed by atoms with van der Waals surface area (Å²) in [7, 11) is 0. The van der Waals surface area contributed by atoms with Crippen LogP contribution >= 0.6 is 0 Å². The predicted molar refractivity (Wildman–Crippen MR) is 128 cm³/mol. The first-order valence-corrected chi connectivity index (χ1v) is 12.7. The molecule has 2 saturated carbocycles. The van der Waals surface area contributed by atoms with Crippen LogP contribution in [0, 0.1) is 33.5 Å². The van der Waals surface area contributed by atoms with E-state index in [0.29, 0.717) is 33.9 Å². The van der Waals surface area contributed by atoms with Gasteiger partial charge in [0.15, 0.2) is 0 Å². The minimum atomic E-state index is 0.427. The molecule has 0 aromatic carbocycles. The molecule has 1 nitrogen and oxygen atoms in total. The summed E-state index contributed by atoms with van der Waals surface area (Å²) in [5, 5.41) is 0. The highest BCUT2D eigenvalue weighted by Crippen LogP contribution is 2.47. The lowest BCUT2D eigenvalue weighted by Gasteiger charge is -2.44. The Kier molecular flexibility index (Phi) is 8.02. The molecule has 0 atom stereocenters. The summed E-state index contributed by atoms with van der Waals surface area (Å²) in [4.78, 5) is 0. The van der Waals surface area contributed by atoms with E-state index in [2.05, 4.69) is 69.2 Å². The largest absolute Gasteiger partial charge is 0.375 e. The molecular formula is C28H54O. The second-order valence-electron chi connectivity index (χ2n) is 14.5. The summed E-state index contributed by atoms with van der Waals surface area (Å²) in [6.07, 6.45) is 14.3. The van der Waals surface area contributed by atoms with Crippen LogP contribution in [-0.4, -0.2) is 12.2 Å². The Bertz CT molecular complexity index is 439. The molecule has 0 spiro atoms. The van der Waals surface area contributed by atoms with Crippen molar-refractivity contribution in [2.45, 2.75) is 146 Å². The van der Waals surface area contributed by atoms with Gasteiger partial charge >= 0.3 is 0 Å². The third kappa shape index (κ3) is 8.19. The molecule has 2 rings (SSSR count). The SMILES string of the molecule is CC(C)(C)CC(C)(C)C1CCC(OC2CCC(C(C)(C)CC(C)(C)C)CC2)CC1. The molecule has 0 heterocycles. The smallest absolute Gasteiger partial charge is 0.0579 e. The van der Waals surface area contributed by atoms with Gasteiger partial charge in [-0.25, -0.2) is 0 Å². The van der Waals surface area contributed by atoms with E-state index >= 15 is 0 Å². The number of ether oxygens (including phenoxy) is 1. The van der Waals surface area contributed by atoms with Crippen LogP contribution in [0.5, 0.6) is 0 Å². The van der Waals surface area contributed by atoms with Gasteiger partial charge in [0.1, 0.15) is 0 Å². The molecule has 2 aliphatic carbocycles. The minimum absolute atomic E-state index is 0.427. The Balaban J connectivity index is 1.76. The summed E-state index contributed by atoms with van der Waals surface area (Å²) in [5.41, 5.74) is 1.77. The molecule has 0 unspecified atom stereocenters. The van der Waals surface area contributed by atoms with Crippen molar-refractivity contribution in [1.82, 2.24) is 0 Å². The van der Waals surface area contributed by atoms with Gasteiger partial charge < -0.3 is 4.74 Å². The third-order valence-electron chi connectivity index (χ3n) is 7.92. The molecule has 1 heteroatoms. The first-order valence-electron chi connectivity index (χ1n) is 12.7. The summed E-state index contributed by atoms with van der Waals surface area (Å²) < 4.78 is 6.66. The first-order chi connectivity index (χ1) is 13.1. The Morgan fingerprint density at radius 3 is 1.00 bits per heavy atom. The second kappa shape index (κ2) is 9.22. The van der Waals surface area contributed by atoms with Crippen LogP contribution in [-0.2, 0) is 4.74 Å². The molecule has 172 valence electrons. The van der Waals surface area contributed by atoms with Gasteiger partial charge in [-0.2, -0.15) is 0 Å². The zero-order chi connectivity index (χ0) is 22.1. The lowest BCUT2D eigenvalue weighted by molar-refractivity contribution is -0.0731. The Morgan fingerprint density at radius 1 is 0.483 bits per heavy atom. The lowest BCUT2D eigenvalue weighted by atomic mass is 9.64. The third-order valence-corrected chi connectivity index (χ3v) is 7.92. The van der Waals surface area contributed by atoms with E-state index < -0.39 is 0 Å². The zero-order valence-corrected chi connectivity index (χ0v) is 21.8. The van der Waals surface area contributed by atoms with Crippen molar-refractivity contribution in [3.8, 4) is 0 Å². The van der Waals surface area contributed by atoms with E-state index in [4.69, 9.17) is 4.74 Å². The van der Waals surface area contributed by atoms with Gasteiger partial charge in [-0.05, 0) is 97.7 Å². The van der Waals surface area contributed by atoms with Crippen LogP contribution in [0.15, 0.2) is 0 Å². The van der Waals surface area contributed by atoms with Gasteiger partial charge in [-0.15, -0.1) is 0 Å². The maximum Gasteiger partial charge on any atom is 0.0579 e. The number of hydrogen-bond donors (Lipinski definition) is 0. The van der Waals surface area contributed by atoms with Gasteiger partial charge in [0.25, 0.3) is 0 Å². The van der Waals surface area contributed by atoms with Gasteiger partial charge in [-0.3, -0.25) is 0 Å². The summed E-state index contributed by atoms with van der Waals surface area (Å²) >= 11 is 0. The summed E-state index contributed by atoms with van der Waals surface area (Å²) in [5.74, 6) is 1.74. The molecule has 0 N–H and O–H groups in total. The van der Waals surface area contributed by atoms with E-state index in [1.165, 1.54) is 64.2 Å². The fourth-order valence-corrected chi connectivity index (χ4v) is 7.26. The van der Waals surface area contributed by atoms with Gasteiger partial charge in [0.05, 0.1) is 12.2 Å². The van der Waals surface area contributed by atoms with Crippen molar-refractivity contribution in [3.05, 3.63) is 0 Å². The molecule has 2 fully saturated rings. The maximum absolute atomic E-state index is 6.66. The van der Waals surface area contributed by atoms with E-state index in [-0.39, 0.29) is 0 Å². The van der Waals surface area contributed by atoms with Crippen LogP contribution in [0.25, 0.3) is 0 Å². The molecule has 0 radical (unpaired) electrons. The molecule has 0 amide bonds. The fraction of sp³-hybridized carbons (Fsp3) is 1.00. The number of rotatable bonds is 6. The molecule has 0 saturated heterocycles. The highest BCUT2D eigenvalue weighted by atomic mass is 16.5. The average molecular weight is 407 g/mol. The number of hydrogen-bond acceptors (Lipinski definition) is 1. The van der Waals surface area contributed by atoms with Gasteiger partial charge in [0, 0.05) is 0 Å². The molecule has 2 aliphatic rings. The van der Waals surface area contributed by atoms with Gasteiger partial charge in [-0.1, -0.05) is 69.2 Å². The maximum atomic E-state index is 6.66. The van der Waals surface area contributed by atoms with Crippen LogP contribution in [0.3, 0.4) is 0 Å². The zero-order valence-electron chi connectivity index (χ0n) is 21.8. The molecule has 0 aliphatic heterocycles. The fourth-order valence-electron chi connectivity index (χ4n) is 7.26. The van der Waals surface area contributed by atoms with E-state index in [1.54, 1.807) is 0 Å². The van der Waals surface area contributed by atoms with E-state index in [1.807, 2.05) is 0 Å². The molecule has 0 bridgehead atoms. The highest BCUT2D eigenvalue weighted by Gasteiger charge is 2.39. The summed E-state index contributed by atoms with van der Waals surface area (Å²) in [6.45, 7) is 24.4. The van der Waals surface area contributed by atoms with E-state index in [9.17, 15) is 0 Å². The highest BCUT2D eigenvalue weighted by molar-refractivity contribution is 4.89. The van der Waals surface area contributed by atoms with Crippen LogP contribution in [0.1, 0.15) is 133 Å². The lowest BCUT2D eigenvalue weighted by Crippen LogP contribution is -2.37. The van der Waals surface area contributed by atoms with Crippen molar-refractivity contribution >= 4 is 0 Å². The van der Waals surface area contributed by atoms with Crippen LogP contribution < -0.4 is 0 Å². The summed E-state index contributed by atoms with van der Waals surface area (Å²) in [6, 6.07) is 0. The standard InChI is InChI=1S/C28H54O/c1-25(2,3)19-27(7,8)21-11-15-23(16-12-21)29-24-17-13-22(14-18-24)28(9,10)20-26(4,5)6/h21-24H,11-20H2,1-10H3. The van der Waals surface area contributed by atoms with Crippen LogP contribution in [0.4, 0.5) is 0 Å². The minimum Gasteiger partial charge on any atom is -0.375 e. The predicted octanol–water partition coefficient (Wildman–Crippen LogP) is 9.05. The van der Waals surface area contributed by atoms with Crippen LogP contribution in [0.2, 0.25) is 0 Å². The molecule has 0 aromatic rings. The molecule has 0 aromatic heterocycles. The normalized spacial score (nSPS) is 30.4. The Hall–Kier alpha value is -0.0400. The molecular weight excluding hydrogens is 352 g/mol. The average Bonchev–Trinajstić information content (AvgIpc) is 2.51. The first kappa shape index (κ1) is 25.2. The van der Waals surface area contributed by atoms with E-state index in [0.717, 1.165) is 11.8 Å². The van der Waals surface area contributed by atoms with Crippen molar-refractivity contribution in [2.24, 2.45) is 33.5 Å². The van der Waals surface area contributed by atoms with Gasteiger partial charge in [0.2, 0.25) is 0 Å². The van der Waals surface area contributed by atoms with Crippen molar-refractivity contribution in [3.63, 3.8) is 0 Å².